The van der Waals surface area contributed by atoms with Crippen molar-refractivity contribution in [1.29, 1.82) is 0 Å². The van der Waals surface area contributed by atoms with Gasteiger partial charge in [0.05, 0.1) is 64.3 Å². The summed E-state index contributed by atoms with van der Waals surface area (Å²) in [6, 6.07) is 15.2. The van der Waals surface area contributed by atoms with E-state index in [2.05, 4.69) is 55.7 Å². The summed E-state index contributed by atoms with van der Waals surface area (Å²) >= 11 is 0. The zero-order valence-electron chi connectivity index (χ0n) is 38.6. The van der Waals surface area contributed by atoms with Crippen LogP contribution < -0.4 is 16.4 Å². The van der Waals surface area contributed by atoms with Crippen LogP contribution in [0.25, 0.3) is 22.5 Å². The molecule has 22 heteroatoms. The van der Waals surface area contributed by atoms with E-state index in [1.807, 2.05) is 56.4 Å². The van der Waals surface area contributed by atoms with Crippen LogP contribution in [0.2, 0.25) is 0 Å². The summed E-state index contributed by atoms with van der Waals surface area (Å²) < 4.78 is 87.7. The first-order chi connectivity index (χ1) is 32.7. The zero-order chi connectivity index (χ0) is 49.3. The summed E-state index contributed by atoms with van der Waals surface area (Å²) in [7, 11) is 4.09. The number of fused-ring (bicyclic) bond motifs is 2. The van der Waals surface area contributed by atoms with Gasteiger partial charge in [0.15, 0.2) is 17.4 Å². The molecule has 0 atom stereocenters. The second kappa shape index (κ2) is 19.5. The number of Topliss-reactive ketones (excluding diaryl/α,β-unsaturated/α-hetero) is 1. The van der Waals surface area contributed by atoms with Gasteiger partial charge in [-0.25, -0.2) is 19.9 Å². The Bertz CT molecular complexity index is 2950. The van der Waals surface area contributed by atoms with Crippen molar-refractivity contribution in [3.05, 3.63) is 125 Å². The van der Waals surface area contributed by atoms with E-state index < -0.39 is 23.5 Å². The Morgan fingerprint density at radius 2 is 1.14 bits per heavy atom. The minimum Gasteiger partial charge on any atom is -0.326 e. The number of anilines is 4. The highest BCUT2D eigenvalue weighted by molar-refractivity contribution is 5.95. The average Bonchev–Trinajstić information content (AvgIpc) is 4.06. The number of halogens is 6. The molecule has 4 N–H and O–H groups in total. The molecule has 7 aromatic rings. The van der Waals surface area contributed by atoms with Crippen molar-refractivity contribution >= 4 is 29.1 Å². The zero-order valence-corrected chi connectivity index (χ0v) is 38.6. The van der Waals surface area contributed by atoms with Gasteiger partial charge in [-0.1, -0.05) is 24.3 Å². The predicted molar refractivity (Wildman–Crippen MR) is 246 cm³/mol. The number of carbonyl (C=O) groups is 1. The van der Waals surface area contributed by atoms with Crippen molar-refractivity contribution in [2.24, 2.45) is 5.73 Å². The van der Waals surface area contributed by atoms with Gasteiger partial charge < -0.3 is 16.4 Å². The van der Waals surface area contributed by atoms with Gasteiger partial charge in [-0.05, 0) is 64.5 Å². The first-order valence-corrected chi connectivity index (χ1v) is 22.1. The van der Waals surface area contributed by atoms with Crippen molar-refractivity contribution in [1.82, 2.24) is 59.1 Å². The highest BCUT2D eigenvalue weighted by Crippen LogP contribution is 2.37. The van der Waals surface area contributed by atoms with Crippen LogP contribution in [0.4, 0.5) is 49.6 Å². The highest BCUT2D eigenvalue weighted by Gasteiger charge is 2.35. The lowest BCUT2D eigenvalue weighted by molar-refractivity contribution is -0.139. The molecule has 69 heavy (non-hydrogen) atoms. The molecule has 0 radical (unpaired) electrons. The highest BCUT2D eigenvalue weighted by atomic mass is 19.4. The van der Waals surface area contributed by atoms with E-state index in [1.54, 1.807) is 35.1 Å². The van der Waals surface area contributed by atoms with Gasteiger partial charge in [-0.15, -0.1) is 0 Å². The van der Waals surface area contributed by atoms with Gasteiger partial charge in [-0.2, -0.15) is 41.6 Å². The molecule has 0 aliphatic carbocycles. The standard InChI is InChI=1S/C28H31F3N8O.C19H20F3N7/c1-27(2,3)39-15-20(14-34-39)24(40)8-7-18-5-6-19(11-22(18)28(29,30)31)23-13-25(33-17-32-23)35-26-12-21-16-37(4)9-10-38(21)36-26;1-28-4-5-29-14(10-28)7-18(27-29)26-17-8-16(24-11-25-17)12-2-3-13(9-23)15(6-12)19(20,21)22/h5-6,11-15,17H,7-10,16H2,1-4H3,(H,32,33,35,36);2-3,6-8,11H,4-5,9-10,23H2,1H3,(H,24,25,26,27). The minimum absolute atomic E-state index is 0.0437. The molecule has 2 aliphatic rings. The molecule has 0 fully saturated rings. The van der Waals surface area contributed by atoms with E-state index in [-0.39, 0.29) is 41.8 Å². The molecule has 0 saturated carbocycles. The number of hydrogen-bond acceptors (Lipinski definition) is 13. The molecule has 2 aromatic carbocycles. The molecule has 0 unspecified atom stereocenters. The Balaban J connectivity index is 0.000000196. The summed E-state index contributed by atoms with van der Waals surface area (Å²) in [4.78, 5) is 33.8. The maximum absolute atomic E-state index is 14.1. The van der Waals surface area contributed by atoms with Gasteiger partial charge in [0.25, 0.3) is 0 Å². The molecule has 0 bridgehead atoms. The van der Waals surface area contributed by atoms with Crippen LogP contribution in [0.3, 0.4) is 0 Å². The van der Waals surface area contributed by atoms with Crippen LogP contribution >= 0.6 is 0 Å². The number of aryl methyl sites for hydroxylation is 1. The van der Waals surface area contributed by atoms with E-state index in [9.17, 15) is 31.1 Å². The Labute approximate surface area is 393 Å². The van der Waals surface area contributed by atoms with Gasteiger partial charge >= 0.3 is 12.4 Å². The average molecular weight is 956 g/mol. The molecule has 0 amide bonds. The summed E-state index contributed by atoms with van der Waals surface area (Å²) in [5.74, 6) is 1.86. The molecule has 2 aliphatic heterocycles. The fourth-order valence-corrected chi connectivity index (χ4v) is 7.97. The normalized spacial score (nSPS) is 14.4. The van der Waals surface area contributed by atoms with Crippen LogP contribution in [0.15, 0.2) is 85.7 Å². The van der Waals surface area contributed by atoms with Crippen LogP contribution in [0.1, 0.15) is 71.2 Å². The van der Waals surface area contributed by atoms with Gasteiger partial charge in [0.2, 0.25) is 0 Å². The maximum Gasteiger partial charge on any atom is 0.416 e. The number of alkyl halides is 6. The maximum atomic E-state index is 14.1. The van der Waals surface area contributed by atoms with Crippen LogP contribution in [0.5, 0.6) is 0 Å². The molecule has 362 valence electrons. The number of nitrogens with zero attached hydrogens (tertiary/aromatic N) is 12. The number of likely N-dealkylation sites (N-methyl/N-ethyl adjacent to an activating group) is 2. The van der Waals surface area contributed by atoms with Crippen molar-refractivity contribution in [2.45, 2.75) is 84.2 Å². The lowest BCUT2D eigenvalue weighted by Crippen LogP contribution is -2.30. The van der Waals surface area contributed by atoms with Gasteiger partial charge in [-0.3, -0.25) is 28.6 Å². The topological polar surface area (TPSA) is 179 Å². The van der Waals surface area contributed by atoms with E-state index in [0.717, 1.165) is 62.8 Å². The number of benzene rings is 2. The van der Waals surface area contributed by atoms with Crippen LogP contribution in [-0.2, 0) is 57.0 Å². The Kier molecular flexibility index (Phi) is 13.7. The van der Waals surface area contributed by atoms with Crippen LogP contribution in [0, 0.1) is 0 Å². The lowest BCUT2D eigenvalue weighted by Gasteiger charge is -2.22. The molecule has 0 saturated heterocycles. The number of aromatic nitrogens is 10. The van der Waals surface area contributed by atoms with Crippen molar-refractivity contribution in [3.63, 3.8) is 0 Å². The largest absolute Gasteiger partial charge is 0.416 e. The molecule has 0 spiro atoms. The monoisotopic (exact) mass is 955 g/mol. The number of hydrogen-bond donors (Lipinski definition) is 3. The van der Waals surface area contributed by atoms with Crippen molar-refractivity contribution in [2.75, 3.05) is 37.8 Å². The summed E-state index contributed by atoms with van der Waals surface area (Å²) in [5, 5.41) is 19.5. The molecular formula is C47H51F6N15O. The second-order valence-electron chi connectivity index (χ2n) is 18.0. The molecule has 7 heterocycles. The van der Waals surface area contributed by atoms with Gasteiger partial charge in [0.1, 0.15) is 24.3 Å². The van der Waals surface area contributed by atoms with Crippen molar-refractivity contribution < 1.29 is 31.1 Å². The number of rotatable bonds is 11. The fraction of sp³-hybridized carbons (Fsp3) is 0.362. The second-order valence-corrected chi connectivity index (χ2v) is 18.0. The fourth-order valence-electron chi connectivity index (χ4n) is 7.97. The molecular weight excluding hydrogens is 905 g/mol. The summed E-state index contributed by atoms with van der Waals surface area (Å²) in [6.45, 7) is 10.6. The first kappa shape index (κ1) is 48.4. The first-order valence-electron chi connectivity index (χ1n) is 22.1. The Morgan fingerprint density at radius 1 is 0.652 bits per heavy atom. The third-order valence-corrected chi connectivity index (χ3v) is 11.7. The quantitative estimate of drug-likeness (QED) is 0.0834. The number of nitrogens with two attached hydrogens (primary N) is 1. The molecule has 16 nitrogen and oxygen atoms in total. The van der Waals surface area contributed by atoms with E-state index in [0.29, 0.717) is 51.3 Å². The number of carbonyl (C=O) groups excluding carboxylic acids is 1. The summed E-state index contributed by atoms with van der Waals surface area (Å²) in [6.07, 6.45) is -3.49. The van der Waals surface area contributed by atoms with E-state index in [1.165, 1.54) is 31.0 Å². The van der Waals surface area contributed by atoms with E-state index in [4.69, 9.17) is 5.73 Å². The third kappa shape index (κ3) is 11.6. The smallest absolute Gasteiger partial charge is 0.326 e. The van der Waals surface area contributed by atoms with Crippen LogP contribution in [-0.4, -0.2) is 92.0 Å². The SMILES string of the molecule is CN1CCn2nc(Nc3cc(-c4ccc(CCC(=O)c5cnn(C(C)(C)C)c5)c(C(F)(F)F)c4)ncn3)cc2C1.CN1CCn2nc(Nc3cc(-c4ccc(CN)c(C(F)(F)F)c4)ncn3)cc2C1. The van der Waals surface area contributed by atoms with E-state index >= 15 is 0 Å². The lowest BCUT2D eigenvalue weighted by atomic mass is 9.96. The minimum atomic E-state index is -4.59. The molecule has 9 rings (SSSR count). The van der Waals surface area contributed by atoms with Gasteiger partial charge in [0, 0.05) is 80.7 Å². The summed E-state index contributed by atoms with van der Waals surface area (Å²) in [5.41, 5.74) is 7.58. The number of nitrogens with one attached hydrogen (secondary N) is 2. The van der Waals surface area contributed by atoms with Crippen molar-refractivity contribution in [3.8, 4) is 22.5 Å². The predicted octanol–water partition coefficient (Wildman–Crippen LogP) is 8.32. The number of ketones is 1. The molecule has 5 aromatic heterocycles. The Hall–Kier alpha value is -7.04. The third-order valence-electron chi connectivity index (χ3n) is 11.7. The Morgan fingerprint density at radius 3 is 1.61 bits per heavy atom.